The van der Waals surface area contributed by atoms with Gasteiger partial charge in [0.1, 0.15) is 0 Å². The van der Waals surface area contributed by atoms with Crippen molar-refractivity contribution < 1.29 is 49.8 Å². The Morgan fingerprint density at radius 1 is 0.706 bits per heavy atom. The van der Waals surface area contributed by atoms with Crippen molar-refractivity contribution in [1.29, 1.82) is 0 Å². The first-order valence-electron chi connectivity index (χ1n) is 10.1. The fourth-order valence-electron chi connectivity index (χ4n) is 2.54. The predicted octanol–water partition coefficient (Wildman–Crippen LogP) is 3.19. The number of hydrogen-bond acceptors (Lipinski definition) is 6. The molecule has 0 fully saturated rings. The van der Waals surface area contributed by atoms with Crippen LogP contribution in [0.25, 0.3) is 0 Å². The highest BCUT2D eigenvalue weighted by Crippen LogP contribution is 2.24. The molecule has 2 aromatic carbocycles. The van der Waals surface area contributed by atoms with Crippen LogP contribution in [0, 0.1) is 11.3 Å². The van der Waals surface area contributed by atoms with Gasteiger partial charge in [-0.3, -0.25) is 0 Å². The SMILES string of the molecule is CC(C)C(O)C(C)(C)CO.O=C(O)c1ccc(C(=O)O)cc1.O=C(O)c1cccc(C(=O)O)c1. The van der Waals surface area contributed by atoms with E-state index in [4.69, 9.17) is 25.5 Å². The van der Waals surface area contributed by atoms with Crippen molar-refractivity contribution in [3.8, 4) is 0 Å². The molecular weight excluding hydrogens is 448 g/mol. The third kappa shape index (κ3) is 10.2. The molecule has 1 atom stereocenters. The number of carbonyl (C=O) groups is 4. The van der Waals surface area contributed by atoms with Crippen molar-refractivity contribution in [2.75, 3.05) is 6.61 Å². The van der Waals surface area contributed by atoms with E-state index >= 15 is 0 Å². The van der Waals surface area contributed by atoms with E-state index in [1.165, 1.54) is 42.5 Å². The monoisotopic (exact) mass is 478 g/mol. The van der Waals surface area contributed by atoms with Gasteiger partial charge in [0.05, 0.1) is 35.0 Å². The maximum atomic E-state index is 10.4. The quantitative estimate of drug-likeness (QED) is 0.344. The number of carboxylic acids is 4. The van der Waals surface area contributed by atoms with E-state index in [1.54, 1.807) is 0 Å². The number of hydrogen-bond donors (Lipinski definition) is 6. The summed E-state index contributed by atoms with van der Waals surface area (Å²) in [4.78, 5) is 41.4. The van der Waals surface area contributed by atoms with Crippen molar-refractivity contribution in [2.45, 2.75) is 33.8 Å². The maximum absolute atomic E-state index is 10.4. The fraction of sp³-hybridized carbons (Fsp3) is 0.333. The minimum absolute atomic E-state index is 0.0186. The molecule has 0 amide bonds. The second-order valence-electron chi connectivity index (χ2n) is 8.21. The molecule has 6 N–H and O–H groups in total. The highest BCUT2D eigenvalue weighted by Gasteiger charge is 2.28. The summed E-state index contributed by atoms with van der Waals surface area (Å²) in [5, 5.41) is 52.3. The molecule has 0 aliphatic rings. The van der Waals surface area contributed by atoms with Gasteiger partial charge in [-0.2, -0.15) is 0 Å². The molecular formula is C24H30O10. The molecule has 186 valence electrons. The largest absolute Gasteiger partial charge is 0.478 e. The average Bonchev–Trinajstić information content (AvgIpc) is 2.79. The summed E-state index contributed by atoms with van der Waals surface area (Å²) < 4.78 is 0. The molecule has 0 saturated heterocycles. The lowest BCUT2D eigenvalue weighted by molar-refractivity contribution is -0.0204. The number of benzene rings is 2. The summed E-state index contributed by atoms with van der Waals surface area (Å²) in [7, 11) is 0. The van der Waals surface area contributed by atoms with Gasteiger partial charge in [0.15, 0.2) is 0 Å². The van der Waals surface area contributed by atoms with Crippen LogP contribution in [0.4, 0.5) is 0 Å². The standard InChI is InChI=1S/2C8H6O4.C8H18O2/c9-7(10)5-1-2-6(4-3-5)8(11)12;9-7(10)5-2-1-3-6(4-5)8(11)12;1-6(2)7(10)8(3,4)5-9/h2*1-4H,(H,9,10)(H,11,12);6-7,9-10H,5H2,1-4H3. The van der Waals surface area contributed by atoms with Crippen molar-refractivity contribution in [3.05, 3.63) is 70.8 Å². The van der Waals surface area contributed by atoms with E-state index in [2.05, 4.69) is 0 Å². The summed E-state index contributed by atoms with van der Waals surface area (Å²) in [5.74, 6) is -4.17. The molecule has 0 aliphatic carbocycles. The predicted molar refractivity (Wildman–Crippen MR) is 122 cm³/mol. The Morgan fingerprint density at radius 2 is 1.03 bits per heavy atom. The minimum atomic E-state index is -1.13. The highest BCUT2D eigenvalue weighted by atomic mass is 16.4. The summed E-state index contributed by atoms with van der Waals surface area (Å²) in [5.41, 5.74) is -0.237. The van der Waals surface area contributed by atoms with Crippen LogP contribution in [-0.2, 0) is 0 Å². The normalized spacial score (nSPS) is 11.3. The smallest absolute Gasteiger partial charge is 0.335 e. The number of aliphatic hydroxyl groups excluding tert-OH is 2. The molecule has 0 aliphatic heterocycles. The van der Waals surface area contributed by atoms with Gasteiger partial charge >= 0.3 is 23.9 Å². The van der Waals surface area contributed by atoms with Gasteiger partial charge in [0.25, 0.3) is 0 Å². The van der Waals surface area contributed by atoms with Gasteiger partial charge in [0.2, 0.25) is 0 Å². The summed E-state index contributed by atoms with van der Waals surface area (Å²) in [6.07, 6.45) is -0.419. The zero-order valence-electron chi connectivity index (χ0n) is 19.3. The van der Waals surface area contributed by atoms with Crippen LogP contribution in [0.1, 0.15) is 69.1 Å². The molecule has 0 heterocycles. The van der Waals surface area contributed by atoms with Gasteiger partial charge in [-0.1, -0.05) is 33.8 Å². The number of aliphatic hydroxyl groups is 2. The molecule has 10 nitrogen and oxygen atoms in total. The van der Waals surface area contributed by atoms with E-state index in [0.717, 1.165) is 6.07 Å². The average molecular weight is 478 g/mol. The van der Waals surface area contributed by atoms with Gasteiger partial charge in [-0.15, -0.1) is 0 Å². The summed E-state index contributed by atoms with van der Waals surface area (Å²) in [6.45, 7) is 7.64. The first-order valence-corrected chi connectivity index (χ1v) is 10.1. The number of carboxylic acid groups (broad SMARTS) is 4. The van der Waals surface area contributed by atoms with Crippen LogP contribution in [0.5, 0.6) is 0 Å². The third-order valence-electron chi connectivity index (χ3n) is 4.57. The summed E-state index contributed by atoms with van der Waals surface area (Å²) in [6, 6.07) is 10.2. The number of aromatic carboxylic acids is 4. The minimum Gasteiger partial charge on any atom is -0.478 e. The fourth-order valence-corrected chi connectivity index (χ4v) is 2.54. The first kappa shape index (κ1) is 30.2. The maximum Gasteiger partial charge on any atom is 0.335 e. The van der Waals surface area contributed by atoms with E-state index in [1.807, 2.05) is 27.7 Å². The van der Waals surface area contributed by atoms with E-state index in [9.17, 15) is 24.3 Å². The highest BCUT2D eigenvalue weighted by molar-refractivity contribution is 5.93. The van der Waals surface area contributed by atoms with Crippen LogP contribution in [0.15, 0.2) is 48.5 Å². The van der Waals surface area contributed by atoms with E-state index < -0.39 is 30.0 Å². The van der Waals surface area contributed by atoms with Crippen LogP contribution in [0.3, 0.4) is 0 Å². The Kier molecular flexibility index (Phi) is 12.2. The van der Waals surface area contributed by atoms with Gasteiger partial charge in [-0.05, 0) is 48.4 Å². The van der Waals surface area contributed by atoms with Crippen LogP contribution in [-0.4, -0.2) is 67.2 Å². The van der Waals surface area contributed by atoms with E-state index in [-0.39, 0.29) is 40.2 Å². The lowest BCUT2D eigenvalue weighted by Gasteiger charge is -2.30. The Bertz CT molecular complexity index is 915. The van der Waals surface area contributed by atoms with E-state index in [0.29, 0.717) is 0 Å². The van der Waals surface area contributed by atoms with Crippen LogP contribution in [0.2, 0.25) is 0 Å². The van der Waals surface area contributed by atoms with Crippen molar-refractivity contribution in [2.24, 2.45) is 11.3 Å². The topological polar surface area (TPSA) is 190 Å². The Balaban J connectivity index is 0.000000484. The van der Waals surface area contributed by atoms with Gasteiger partial charge in [0, 0.05) is 5.41 Å². The van der Waals surface area contributed by atoms with Gasteiger partial charge in [-0.25, -0.2) is 19.2 Å². The molecule has 0 aromatic heterocycles. The Morgan fingerprint density at radius 3 is 1.24 bits per heavy atom. The zero-order chi connectivity index (χ0) is 26.6. The second kappa shape index (κ2) is 13.7. The van der Waals surface area contributed by atoms with Crippen LogP contribution < -0.4 is 0 Å². The molecule has 1 unspecified atom stereocenters. The Hall–Kier alpha value is -3.76. The van der Waals surface area contributed by atoms with Crippen molar-refractivity contribution >= 4 is 23.9 Å². The molecule has 0 spiro atoms. The second-order valence-corrected chi connectivity index (χ2v) is 8.21. The first-order chi connectivity index (χ1) is 15.6. The van der Waals surface area contributed by atoms with Gasteiger partial charge < -0.3 is 30.6 Å². The molecule has 0 saturated carbocycles. The molecule has 0 bridgehead atoms. The third-order valence-corrected chi connectivity index (χ3v) is 4.57. The molecule has 10 heteroatoms. The number of rotatable bonds is 7. The van der Waals surface area contributed by atoms with Crippen molar-refractivity contribution in [3.63, 3.8) is 0 Å². The lowest BCUT2D eigenvalue weighted by atomic mass is 9.82. The van der Waals surface area contributed by atoms with Crippen molar-refractivity contribution in [1.82, 2.24) is 0 Å². The molecule has 0 radical (unpaired) electrons. The molecule has 34 heavy (non-hydrogen) atoms. The zero-order valence-corrected chi connectivity index (χ0v) is 19.3. The molecule has 2 rings (SSSR count). The molecule has 2 aromatic rings. The Labute approximate surface area is 196 Å². The summed E-state index contributed by atoms with van der Waals surface area (Å²) >= 11 is 0. The van der Waals surface area contributed by atoms with Crippen LogP contribution >= 0.6 is 0 Å². The lowest BCUT2D eigenvalue weighted by Crippen LogP contribution is -2.36.